The largest absolute Gasteiger partial charge is 0.456 e. The summed E-state index contributed by atoms with van der Waals surface area (Å²) in [5.74, 6) is 0.767. The molecule has 0 saturated carbocycles. The first kappa shape index (κ1) is 22.1. The van der Waals surface area contributed by atoms with Gasteiger partial charge in [-0.25, -0.2) is 13.4 Å². The minimum absolute atomic E-state index is 0.000620. The fraction of sp³-hybridized carbons (Fsp3) is 0.190. The van der Waals surface area contributed by atoms with Gasteiger partial charge in [-0.2, -0.15) is 5.26 Å². The van der Waals surface area contributed by atoms with Gasteiger partial charge in [-0.05, 0) is 36.4 Å². The summed E-state index contributed by atoms with van der Waals surface area (Å²) >= 11 is 7.31. The molecule has 0 radical (unpaired) electrons. The Kier molecular flexibility index (Phi) is 6.06. The topological polar surface area (TPSA) is 112 Å². The Hall–Kier alpha value is -3.13. The van der Waals surface area contributed by atoms with Crippen LogP contribution >= 0.6 is 22.9 Å². The SMILES string of the molecule is CC(=O)N1CC(c2cc(Cl)ccc2Oc2ccc(S(=O)(=O)Nc3nccs3)cc2C#N)C1. The number of likely N-dealkylation sites (tertiary alicyclic amines) is 1. The summed E-state index contributed by atoms with van der Waals surface area (Å²) in [6.45, 7) is 2.62. The van der Waals surface area contributed by atoms with E-state index in [-0.39, 0.29) is 33.2 Å². The lowest BCUT2D eigenvalue weighted by Gasteiger charge is -2.39. The molecule has 164 valence electrons. The number of aromatic nitrogens is 1. The molecule has 11 heteroatoms. The molecule has 0 atom stereocenters. The van der Waals surface area contributed by atoms with Crippen LogP contribution in [0.5, 0.6) is 11.5 Å². The third-order valence-corrected chi connectivity index (χ3v) is 7.38. The third kappa shape index (κ3) is 4.55. The van der Waals surface area contributed by atoms with Gasteiger partial charge in [-0.3, -0.25) is 9.52 Å². The Bertz CT molecular complexity index is 1310. The average Bonchev–Trinajstić information content (AvgIpc) is 3.21. The highest BCUT2D eigenvalue weighted by Gasteiger charge is 2.32. The van der Waals surface area contributed by atoms with Crippen LogP contribution in [0.1, 0.15) is 24.0 Å². The molecule has 1 aromatic heterocycles. The summed E-state index contributed by atoms with van der Waals surface area (Å²) in [4.78, 5) is 17.1. The summed E-state index contributed by atoms with van der Waals surface area (Å²) in [7, 11) is -3.91. The van der Waals surface area contributed by atoms with Gasteiger partial charge in [0.1, 0.15) is 17.6 Å². The molecule has 1 aliphatic rings. The number of ether oxygens (including phenoxy) is 1. The lowest BCUT2D eigenvalue weighted by atomic mass is 9.90. The van der Waals surface area contributed by atoms with Crippen LogP contribution in [-0.2, 0) is 14.8 Å². The van der Waals surface area contributed by atoms with Gasteiger partial charge in [0.15, 0.2) is 5.13 Å². The van der Waals surface area contributed by atoms with Gasteiger partial charge in [0, 0.05) is 48.1 Å². The molecule has 2 aromatic carbocycles. The summed E-state index contributed by atoms with van der Waals surface area (Å²) in [5, 5.41) is 12.0. The van der Waals surface area contributed by atoms with E-state index >= 15 is 0 Å². The fourth-order valence-electron chi connectivity index (χ4n) is 3.28. The molecule has 1 saturated heterocycles. The van der Waals surface area contributed by atoms with Crippen LogP contribution in [-0.4, -0.2) is 37.3 Å². The van der Waals surface area contributed by atoms with Crippen LogP contribution in [0.4, 0.5) is 5.13 Å². The smallest absolute Gasteiger partial charge is 0.263 e. The van der Waals surface area contributed by atoms with Gasteiger partial charge < -0.3 is 9.64 Å². The van der Waals surface area contributed by atoms with E-state index in [1.54, 1.807) is 28.5 Å². The predicted molar refractivity (Wildman–Crippen MR) is 121 cm³/mol. The Morgan fingerprint density at radius 1 is 1.28 bits per heavy atom. The summed E-state index contributed by atoms with van der Waals surface area (Å²) in [6, 6.07) is 11.2. The number of benzene rings is 2. The number of rotatable bonds is 6. The van der Waals surface area contributed by atoms with Gasteiger partial charge in [0.05, 0.1) is 10.5 Å². The van der Waals surface area contributed by atoms with E-state index in [9.17, 15) is 18.5 Å². The number of hydrogen-bond acceptors (Lipinski definition) is 7. The minimum atomic E-state index is -3.91. The van der Waals surface area contributed by atoms with Gasteiger partial charge in [-0.15, -0.1) is 11.3 Å². The maximum absolute atomic E-state index is 12.6. The first-order chi connectivity index (χ1) is 15.3. The van der Waals surface area contributed by atoms with Crippen LogP contribution in [0.15, 0.2) is 52.9 Å². The molecule has 0 unspecified atom stereocenters. The summed E-state index contributed by atoms with van der Waals surface area (Å²) < 4.78 is 33.6. The number of thiazole rings is 1. The number of carbonyl (C=O) groups excluding carboxylic acids is 1. The van der Waals surface area contributed by atoms with Crippen molar-refractivity contribution >= 4 is 44.0 Å². The predicted octanol–water partition coefficient (Wildman–Crippen LogP) is 4.21. The van der Waals surface area contributed by atoms with Gasteiger partial charge in [-0.1, -0.05) is 11.6 Å². The first-order valence-corrected chi connectivity index (χ1v) is 12.2. The van der Waals surface area contributed by atoms with E-state index in [1.165, 1.54) is 31.3 Å². The maximum Gasteiger partial charge on any atom is 0.263 e. The zero-order chi connectivity index (χ0) is 22.9. The number of nitrogens with one attached hydrogen (secondary N) is 1. The fourth-order valence-corrected chi connectivity index (χ4v) is 5.28. The lowest BCUT2D eigenvalue weighted by Crippen LogP contribution is -2.47. The maximum atomic E-state index is 12.6. The first-order valence-electron chi connectivity index (χ1n) is 9.46. The number of nitrogens with zero attached hydrogens (tertiary/aromatic N) is 3. The molecule has 32 heavy (non-hydrogen) atoms. The second-order valence-corrected chi connectivity index (χ2v) is 10.1. The van der Waals surface area contributed by atoms with E-state index < -0.39 is 10.0 Å². The van der Waals surface area contributed by atoms with Crippen molar-refractivity contribution in [2.24, 2.45) is 0 Å². The zero-order valence-corrected chi connectivity index (χ0v) is 19.2. The molecular formula is C21H17ClN4O4S2. The lowest BCUT2D eigenvalue weighted by molar-refractivity contribution is -0.133. The van der Waals surface area contributed by atoms with Gasteiger partial charge >= 0.3 is 0 Å². The molecular weight excluding hydrogens is 472 g/mol. The summed E-state index contributed by atoms with van der Waals surface area (Å²) in [5.41, 5.74) is 0.882. The quantitative estimate of drug-likeness (QED) is 0.556. The van der Waals surface area contributed by atoms with E-state index in [1.807, 2.05) is 6.07 Å². The van der Waals surface area contributed by atoms with Crippen molar-refractivity contribution in [3.63, 3.8) is 0 Å². The number of anilines is 1. The normalized spacial score (nSPS) is 13.8. The number of nitriles is 1. The van der Waals surface area contributed by atoms with E-state index in [4.69, 9.17) is 16.3 Å². The van der Waals surface area contributed by atoms with Crippen LogP contribution in [0.25, 0.3) is 0 Å². The highest BCUT2D eigenvalue weighted by molar-refractivity contribution is 7.93. The Morgan fingerprint density at radius 2 is 2.03 bits per heavy atom. The van der Waals surface area contributed by atoms with Crippen LogP contribution < -0.4 is 9.46 Å². The number of hydrogen-bond donors (Lipinski definition) is 1. The standard InChI is InChI=1S/C21H17ClN4O4S2/c1-13(27)26-11-15(12-26)18-9-16(22)2-4-20(18)30-19-5-3-17(8-14(19)10-23)32(28,29)25-21-24-6-7-31-21/h2-9,15H,11-12H2,1H3,(H,24,25). The molecule has 8 nitrogen and oxygen atoms in total. The summed E-state index contributed by atoms with van der Waals surface area (Å²) in [6.07, 6.45) is 1.49. The Morgan fingerprint density at radius 3 is 2.69 bits per heavy atom. The second kappa shape index (κ2) is 8.78. The Balaban J connectivity index is 1.60. The highest BCUT2D eigenvalue weighted by Crippen LogP contribution is 2.38. The molecule has 1 amide bonds. The molecule has 0 spiro atoms. The van der Waals surface area contributed by atoms with E-state index in [2.05, 4.69) is 9.71 Å². The number of sulfonamides is 1. The van der Waals surface area contributed by atoms with E-state index in [0.717, 1.165) is 16.9 Å². The molecule has 1 N–H and O–H groups in total. The second-order valence-electron chi connectivity index (χ2n) is 7.12. The van der Waals surface area contributed by atoms with Crippen LogP contribution in [0, 0.1) is 11.3 Å². The van der Waals surface area contributed by atoms with Crippen molar-refractivity contribution in [2.75, 3.05) is 17.8 Å². The van der Waals surface area contributed by atoms with Crippen LogP contribution in [0.3, 0.4) is 0 Å². The molecule has 2 heterocycles. The molecule has 4 rings (SSSR count). The monoisotopic (exact) mass is 488 g/mol. The van der Waals surface area contributed by atoms with Crippen molar-refractivity contribution in [3.05, 3.63) is 64.1 Å². The number of amides is 1. The van der Waals surface area contributed by atoms with Crippen molar-refractivity contribution in [3.8, 4) is 17.6 Å². The Labute approximate surface area is 194 Å². The van der Waals surface area contributed by atoms with Crippen molar-refractivity contribution in [1.82, 2.24) is 9.88 Å². The van der Waals surface area contributed by atoms with Crippen molar-refractivity contribution in [2.45, 2.75) is 17.7 Å². The molecule has 0 aliphatic carbocycles. The van der Waals surface area contributed by atoms with Gasteiger partial charge in [0.2, 0.25) is 5.91 Å². The van der Waals surface area contributed by atoms with Gasteiger partial charge in [0.25, 0.3) is 10.0 Å². The number of halogens is 1. The van der Waals surface area contributed by atoms with Crippen LogP contribution in [0.2, 0.25) is 5.02 Å². The molecule has 1 fully saturated rings. The zero-order valence-electron chi connectivity index (χ0n) is 16.8. The molecule has 3 aromatic rings. The molecule has 0 bridgehead atoms. The highest BCUT2D eigenvalue weighted by atomic mass is 35.5. The third-order valence-electron chi connectivity index (χ3n) is 4.99. The average molecular weight is 489 g/mol. The molecule has 1 aliphatic heterocycles. The van der Waals surface area contributed by atoms with E-state index in [0.29, 0.717) is 23.9 Å². The minimum Gasteiger partial charge on any atom is -0.456 e. The number of carbonyl (C=O) groups is 1. The van der Waals surface area contributed by atoms with Crippen molar-refractivity contribution < 1.29 is 17.9 Å². The van der Waals surface area contributed by atoms with Crippen molar-refractivity contribution in [1.29, 1.82) is 5.26 Å².